The fourth-order valence-electron chi connectivity index (χ4n) is 17.2. The molecule has 7 aliphatic heterocycles. The van der Waals surface area contributed by atoms with Crippen LogP contribution in [0.3, 0.4) is 0 Å². The smallest absolute Gasteiger partial charge is 0.116 e. The molecule has 135 heavy (non-hydrogen) atoms. The molecule has 15 aromatic rings. The Labute approximate surface area is 828 Å². The number of nitrogens with zero attached hydrogens (tertiary/aromatic N) is 9. The molecule has 6 aromatic carbocycles. The number of fused-ring (bicyclic) bond motifs is 4. The molecule has 7 N–H and O–H groups in total. The number of thiophene rings is 8. The van der Waals surface area contributed by atoms with E-state index in [1.165, 1.54) is 181 Å². The second-order valence-corrected chi connectivity index (χ2v) is 43.2. The lowest BCUT2D eigenvalue weighted by Crippen LogP contribution is -2.09. The van der Waals surface area contributed by atoms with Gasteiger partial charge in [-0.15, -0.1) is 90.7 Å². The molecule has 0 spiro atoms. The van der Waals surface area contributed by atoms with Gasteiger partial charge in [-0.25, -0.2) is 9.97 Å². The maximum Gasteiger partial charge on any atom is 0.116 e. The number of nitrogens with one attached hydrogen (secondary N) is 7. The SMILES string of the molecule is C1=CC(c2c(-c3ccccc3)sc3ccccc23)N=CN1.CCc1sc2ccccc2c1C1C=CNC=N1.Cc1cc([C@@H]2C=CNC=N2)c(C)s1.Cc1cc([C@H]2C=CNC=N2)c(C)s1.Cc1sc(-c2ccccc2)c(C2C=CNC=N2)c1C.Cc1sc(-c2ccccc2Cl)c(C2C=CNC=N2)c1C.Cc1sc2c(c1-c1ccncn1)CCCC2.Cc1sc2ccccc2c1[C@@H]1C=CNC=N1. The Hall–Kier alpha value is -12.5. The summed E-state index contributed by atoms with van der Waals surface area (Å²) in [6, 6.07) is 62.3. The molecule has 9 aromatic heterocycles. The van der Waals surface area contributed by atoms with Crippen LogP contribution in [-0.2, 0) is 19.3 Å². The summed E-state index contributed by atoms with van der Waals surface area (Å²) >= 11 is 21.2. The quantitative estimate of drug-likeness (QED) is 0.0623. The molecule has 0 saturated carbocycles. The van der Waals surface area contributed by atoms with Crippen LogP contribution < -0.4 is 37.2 Å². The number of halogens is 1. The fourth-order valence-corrected chi connectivity index (χ4v) is 26.7. The Kier molecular flexibility index (Phi) is 33.1. The van der Waals surface area contributed by atoms with E-state index < -0.39 is 0 Å². The zero-order chi connectivity index (χ0) is 93.5. The van der Waals surface area contributed by atoms with Crippen LogP contribution in [0, 0.1) is 69.2 Å². The van der Waals surface area contributed by atoms with Gasteiger partial charge >= 0.3 is 0 Å². The summed E-state index contributed by atoms with van der Waals surface area (Å²) in [7, 11) is 0. The molecular formula is C110H109ClN16S8. The van der Waals surface area contributed by atoms with Crippen LogP contribution in [0.2, 0.25) is 5.02 Å². The molecular weight excluding hydrogens is 1840 g/mol. The molecule has 8 aliphatic rings. The number of aliphatic imine (C=N–C) groups is 7. The monoisotopic (exact) mass is 1940 g/mol. The van der Waals surface area contributed by atoms with E-state index in [9.17, 15) is 0 Å². The van der Waals surface area contributed by atoms with Gasteiger partial charge in [0, 0.05) is 171 Å². The minimum Gasteiger partial charge on any atom is -0.353 e. The Balaban J connectivity index is 0.000000113. The van der Waals surface area contributed by atoms with Crippen LogP contribution in [-0.4, -0.2) is 54.3 Å². The van der Waals surface area contributed by atoms with Crippen molar-refractivity contribution in [3.63, 3.8) is 0 Å². The largest absolute Gasteiger partial charge is 0.353 e. The zero-order valence-electron chi connectivity index (χ0n) is 77.3. The van der Waals surface area contributed by atoms with Gasteiger partial charge in [0.25, 0.3) is 0 Å². The summed E-state index contributed by atoms with van der Waals surface area (Å²) in [6.07, 6.45) is 50.3. The molecule has 16 heterocycles. The first-order valence-corrected chi connectivity index (χ1v) is 52.1. The van der Waals surface area contributed by atoms with Gasteiger partial charge < -0.3 is 37.2 Å². The van der Waals surface area contributed by atoms with Crippen molar-refractivity contribution >= 4 is 177 Å². The first kappa shape index (κ1) is 95.7. The van der Waals surface area contributed by atoms with E-state index in [0.717, 1.165) is 22.7 Å². The van der Waals surface area contributed by atoms with Crippen molar-refractivity contribution in [3.05, 3.63) is 384 Å². The molecule has 7 atom stereocenters. The minimum atomic E-state index is 0.0625. The van der Waals surface area contributed by atoms with Crippen LogP contribution in [0.15, 0.2) is 309 Å². The fraction of sp³-hybridized carbons (Fsp3) is 0.209. The summed E-state index contributed by atoms with van der Waals surface area (Å²) in [5, 5.41) is 25.6. The third kappa shape index (κ3) is 23.4. The standard InChI is InChI=1S/C18H14N2S.C16H15ClN2S.C16H16N2S.C14H14N2S.C13H14N2S.C13H12N2S.2C10H12N2S/c1-2-6-13(7-3-1)18-17(15-10-11-19-12-20-15)14-8-4-5-9-16(14)21-18;1-10-11(2)20-16(12-5-3-4-6-13(12)17)15(10)14-7-8-18-9-19-14;1-11-12(2)19-16(13-6-4-3-5-7-13)15(11)14-8-9-17-10-18-14;1-2-12-14(11-7-8-15-9-16-11)10-5-3-4-6-13(10)17-12;2*1-9-13(11-6-7-14-8-15-11)10-4-2-3-5-12(10)16-9;2*1-7-5-9(8(2)13-7)10-3-4-11-6-12-10/h1-12,15H,(H,19,20);3-9,14H,1-2H3,(H,18,19);3-10,14H,1-2H3,(H,17,18);3-9,11H,2H2,1H3,(H,15,16);6-8H,2-5H2,1H3;2-8,11H,1H3,(H,14,15);2*3-6,10H,1-2H3,(H,11,12)/t;;;;;11-;2*10-/m.....010/s1. The number of rotatable bonds is 12. The highest BCUT2D eigenvalue weighted by molar-refractivity contribution is 7.22. The summed E-state index contributed by atoms with van der Waals surface area (Å²) in [5.74, 6) is 0. The van der Waals surface area contributed by atoms with Gasteiger partial charge in [-0.3, -0.25) is 34.9 Å². The highest BCUT2D eigenvalue weighted by Gasteiger charge is 2.28. The van der Waals surface area contributed by atoms with Crippen LogP contribution in [0.1, 0.15) is 166 Å². The molecule has 25 heteroatoms. The van der Waals surface area contributed by atoms with Crippen molar-refractivity contribution in [2.75, 3.05) is 0 Å². The average Bonchev–Trinajstić information content (AvgIpc) is 1.62. The molecule has 4 unspecified atom stereocenters. The molecule has 0 amide bonds. The molecule has 0 bridgehead atoms. The lowest BCUT2D eigenvalue weighted by Gasteiger charge is -2.14. The maximum atomic E-state index is 6.37. The third-order valence-corrected chi connectivity index (χ3v) is 33.5. The topological polar surface area (TPSA) is 197 Å². The van der Waals surface area contributed by atoms with Crippen molar-refractivity contribution in [2.45, 2.75) is 151 Å². The van der Waals surface area contributed by atoms with Crippen molar-refractivity contribution in [1.82, 2.24) is 47.2 Å². The van der Waals surface area contributed by atoms with Gasteiger partial charge in [0.05, 0.1) is 92.4 Å². The Morgan fingerprint density at radius 2 is 0.733 bits per heavy atom. The van der Waals surface area contributed by atoms with Gasteiger partial charge in [-0.05, 0) is 241 Å². The van der Waals surface area contributed by atoms with Gasteiger partial charge in [-0.1, -0.05) is 152 Å². The second kappa shape index (κ2) is 46.7. The van der Waals surface area contributed by atoms with Crippen molar-refractivity contribution in [1.29, 1.82) is 0 Å². The van der Waals surface area contributed by atoms with Crippen molar-refractivity contribution in [3.8, 4) is 42.6 Å². The highest BCUT2D eigenvalue weighted by atomic mass is 35.5. The van der Waals surface area contributed by atoms with Gasteiger partial charge in [0.1, 0.15) is 6.33 Å². The van der Waals surface area contributed by atoms with Gasteiger partial charge in [0.15, 0.2) is 0 Å². The maximum absolute atomic E-state index is 6.37. The zero-order valence-corrected chi connectivity index (χ0v) is 84.6. The highest BCUT2D eigenvalue weighted by Crippen LogP contribution is 2.48. The number of aryl methyl sites for hydroxylation is 10. The van der Waals surface area contributed by atoms with Crippen LogP contribution >= 0.6 is 102 Å². The molecule has 16 nitrogen and oxygen atoms in total. The number of hydrogen-bond donors (Lipinski definition) is 7. The molecule has 23 rings (SSSR count). The Morgan fingerprint density at radius 1 is 0.341 bits per heavy atom. The van der Waals surface area contributed by atoms with E-state index in [0.29, 0.717) is 0 Å². The number of benzene rings is 6. The van der Waals surface area contributed by atoms with E-state index in [-0.39, 0.29) is 42.3 Å². The van der Waals surface area contributed by atoms with Gasteiger partial charge in [0.2, 0.25) is 0 Å². The van der Waals surface area contributed by atoms with Crippen molar-refractivity contribution in [2.24, 2.45) is 34.9 Å². The lowest BCUT2D eigenvalue weighted by molar-refractivity contribution is 0.698. The first-order chi connectivity index (χ1) is 66.0. The Morgan fingerprint density at radius 3 is 1.19 bits per heavy atom. The second-order valence-electron chi connectivity index (χ2n) is 32.7. The van der Waals surface area contributed by atoms with E-state index in [1.807, 2.05) is 153 Å². The molecule has 0 fully saturated rings. The minimum absolute atomic E-state index is 0.0625. The van der Waals surface area contributed by atoms with E-state index >= 15 is 0 Å². The lowest BCUT2D eigenvalue weighted by atomic mass is 9.93. The van der Waals surface area contributed by atoms with Crippen LogP contribution in [0.5, 0.6) is 0 Å². The summed E-state index contributed by atoms with van der Waals surface area (Å²) in [6.45, 7) is 23.9. The van der Waals surface area contributed by atoms with E-state index in [1.54, 1.807) is 72.5 Å². The summed E-state index contributed by atoms with van der Waals surface area (Å²) in [5.41, 5.74) is 19.6. The summed E-state index contributed by atoms with van der Waals surface area (Å²) in [4.78, 5) is 57.5. The van der Waals surface area contributed by atoms with Gasteiger partial charge in [-0.2, -0.15) is 0 Å². The number of hydrogen-bond acceptors (Lipinski definition) is 24. The predicted octanol–water partition coefficient (Wildman–Crippen LogP) is 29.4. The molecule has 0 radical (unpaired) electrons. The summed E-state index contributed by atoms with van der Waals surface area (Å²) < 4.78 is 4.02. The van der Waals surface area contributed by atoms with Crippen molar-refractivity contribution < 1.29 is 0 Å². The van der Waals surface area contributed by atoms with E-state index in [2.05, 4.69) is 352 Å². The molecule has 1 aliphatic carbocycles. The predicted molar refractivity (Wildman–Crippen MR) is 587 cm³/mol. The average molecular weight is 1950 g/mol. The molecule has 684 valence electrons. The van der Waals surface area contributed by atoms with Crippen LogP contribution in [0.4, 0.5) is 0 Å². The molecule has 0 saturated heterocycles. The van der Waals surface area contributed by atoms with Crippen LogP contribution in [0.25, 0.3) is 72.8 Å². The number of aromatic nitrogens is 2. The Bertz CT molecular complexity index is 6900. The van der Waals surface area contributed by atoms with E-state index in [4.69, 9.17) is 11.6 Å². The normalized spacial score (nSPS) is 17.9. The first-order valence-electron chi connectivity index (χ1n) is 45.2. The third-order valence-electron chi connectivity index (χ3n) is 23.8.